The summed E-state index contributed by atoms with van der Waals surface area (Å²) in [5.74, 6) is 0.545. The van der Waals surface area contributed by atoms with Crippen molar-refractivity contribution in [2.45, 2.75) is 13.1 Å². The van der Waals surface area contributed by atoms with E-state index in [2.05, 4.69) is 20.9 Å². The molecule has 1 aliphatic rings. The second-order valence-electron chi connectivity index (χ2n) is 5.65. The van der Waals surface area contributed by atoms with Crippen molar-refractivity contribution in [1.82, 2.24) is 14.5 Å². The molecule has 0 bridgehead atoms. The first-order chi connectivity index (χ1) is 11.6. The number of aromatic nitrogens is 2. The molecule has 7 heteroatoms. The van der Waals surface area contributed by atoms with Crippen LogP contribution in [-0.4, -0.2) is 26.1 Å². The molecule has 0 fully saturated rings. The van der Waals surface area contributed by atoms with Crippen molar-refractivity contribution in [3.8, 4) is 0 Å². The Labute approximate surface area is 148 Å². The van der Waals surface area contributed by atoms with Crippen LogP contribution < -0.4 is 5.32 Å². The van der Waals surface area contributed by atoms with Gasteiger partial charge in [0.1, 0.15) is 11.6 Å². The Morgan fingerprint density at radius 1 is 1.21 bits per heavy atom. The third-order valence-corrected chi connectivity index (χ3v) is 4.77. The number of nitrogens with one attached hydrogen (secondary N) is 1. The van der Waals surface area contributed by atoms with E-state index in [4.69, 9.17) is 23.8 Å². The van der Waals surface area contributed by atoms with Crippen LogP contribution in [0.15, 0.2) is 42.5 Å². The Bertz CT molecular complexity index is 939. The number of hydrogen-bond donors (Lipinski definition) is 1. The van der Waals surface area contributed by atoms with Crippen LogP contribution in [0.5, 0.6) is 0 Å². The summed E-state index contributed by atoms with van der Waals surface area (Å²) in [7, 11) is 0. The molecule has 0 radical (unpaired) electrons. The van der Waals surface area contributed by atoms with E-state index in [0.29, 0.717) is 17.3 Å². The Kier molecular flexibility index (Phi) is 3.86. The summed E-state index contributed by atoms with van der Waals surface area (Å²) in [6.45, 7) is 2.24. The van der Waals surface area contributed by atoms with E-state index in [0.717, 1.165) is 29.9 Å². The van der Waals surface area contributed by atoms with Crippen LogP contribution in [0, 0.1) is 5.82 Å². The van der Waals surface area contributed by atoms with E-state index in [-0.39, 0.29) is 5.02 Å². The molecule has 0 atom stereocenters. The number of anilines is 1. The minimum atomic E-state index is -0.445. The SMILES string of the molecule is Fc1ccc(NC(=S)N2CCn3c(nc4ccccc43)C2)cc1Cl. The van der Waals surface area contributed by atoms with Gasteiger partial charge in [-0.1, -0.05) is 23.7 Å². The number of hydrogen-bond acceptors (Lipinski definition) is 2. The summed E-state index contributed by atoms with van der Waals surface area (Å²) in [4.78, 5) is 6.73. The highest BCUT2D eigenvalue weighted by atomic mass is 35.5. The van der Waals surface area contributed by atoms with Crippen LogP contribution in [0.3, 0.4) is 0 Å². The Morgan fingerprint density at radius 3 is 2.88 bits per heavy atom. The molecular weight excluding hydrogens is 347 g/mol. The molecule has 4 nitrogen and oxygen atoms in total. The minimum absolute atomic E-state index is 0.0724. The van der Waals surface area contributed by atoms with Crippen LogP contribution in [-0.2, 0) is 13.1 Å². The first kappa shape index (κ1) is 15.4. The summed E-state index contributed by atoms with van der Waals surface area (Å²) in [5.41, 5.74) is 2.82. The molecule has 1 aliphatic heterocycles. The lowest BCUT2D eigenvalue weighted by atomic mass is 10.3. The molecule has 2 heterocycles. The lowest BCUT2D eigenvalue weighted by Gasteiger charge is -2.30. The van der Waals surface area contributed by atoms with Crippen LogP contribution in [0.1, 0.15) is 5.82 Å². The molecule has 4 rings (SSSR count). The average molecular weight is 361 g/mol. The third-order valence-electron chi connectivity index (χ3n) is 4.12. The summed E-state index contributed by atoms with van der Waals surface area (Å²) in [6, 6.07) is 12.6. The Balaban J connectivity index is 1.53. The van der Waals surface area contributed by atoms with Gasteiger partial charge in [-0.3, -0.25) is 0 Å². The van der Waals surface area contributed by atoms with Gasteiger partial charge in [0.2, 0.25) is 0 Å². The van der Waals surface area contributed by atoms with E-state index in [1.807, 2.05) is 23.1 Å². The monoisotopic (exact) mass is 360 g/mol. The van der Waals surface area contributed by atoms with Crippen LogP contribution in [0.4, 0.5) is 10.1 Å². The molecule has 24 heavy (non-hydrogen) atoms. The Morgan fingerprint density at radius 2 is 2.04 bits per heavy atom. The van der Waals surface area contributed by atoms with Gasteiger partial charge in [-0.15, -0.1) is 0 Å². The number of benzene rings is 2. The number of thiocarbonyl (C=S) groups is 1. The molecule has 0 spiro atoms. The average Bonchev–Trinajstić information content (AvgIpc) is 2.96. The van der Waals surface area contributed by atoms with Crippen molar-refractivity contribution in [1.29, 1.82) is 0 Å². The lowest BCUT2D eigenvalue weighted by molar-refractivity contribution is 0.338. The van der Waals surface area contributed by atoms with Gasteiger partial charge in [0.05, 0.1) is 22.6 Å². The maximum Gasteiger partial charge on any atom is 0.173 e. The molecule has 122 valence electrons. The molecule has 0 amide bonds. The molecular formula is C17H14ClFN4S. The number of halogens is 2. The van der Waals surface area contributed by atoms with Crippen molar-refractivity contribution < 1.29 is 4.39 Å². The topological polar surface area (TPSA) is 33.1 Å². The fourth-order valence-electron chi connectivity index (χ4n) is 2.92. The minimum Gasteiger partial charge on any atom is -0.340 e. The van der Waals surface area contributed by atoms with Gasteiger partial charge in [0.15, 0.2) is 5.11 Å². The second kappa shape index (κ2) is 6.03. The highest BCUT2D eigenvalue weighted by molar-refractivity contribution is 7.80. The molecule has 0 unspecified atom stereocenters. The van der Waals surface area contributed by atoms with Gasteiger partial charge < -0.3 is 14.8 Å². The quantitative estimate of drug-likeness (QED) is 0.664. The summed E-state index contributed by atoms with van der Waals surface area (Å²) < 4.78 is 15.5. The van der Waals surface area contributed by atoms with Crippen LogP contribution in [0.25, 0.3) is 11.0 Å². The normalized spacial score (nSPS) is 13.8. The predicted octanol–water partition coefficient (Wildman–Crippen LogP) is 4.04. The van der Waals surface area contributed by atoms with E-state index in [9.17, 15) is 4.39 Å². The fourth-order valence-corrected chi connectivity index (χ4v) is 3.37. The van der Waals surface area contributed by atoms with Gasteiger partial charge in [0, 0.05) is 18.8 Å². The highest BCUT2D eigenvalue weighted by Gasteiger charge is 2.21. The predicted molar refractivity (Wildman–Crippen MR) is 97.8 cm³/mol. The van der Waals surface area contributed by atoms with Gasteiger partial charge >= 0.3 is 0 Å². The maximum absolute atomic E-state index is 13.2. The highest BCUT2D eigenvalue weighted by Crippen LogP contribution is 2.23. The third kappa shape index (κ3) is 2.72. The van der Waals surface area contributed by atoms with E-state index >= 15 is 0 Å². The fraction of sp³-hybridized carbons (Fsp3) is 0.176. The number of imidazole rings is 1. The van der Waals surface area contributed by atoms with Gasteiger partial charge in [-0.05, 0) is 42.5 Å². The summed E-state index contributed by atoms with van der Waals surface area (Å²) in [5, 5.41) is 3.77. The largest absolute Gasteiger partial charge is 0.340 e. The Hall–Kier alpha value is -2.18. The van der Waals surface area contributed by atoms with Crippen molar-refractivity contribution in [2.24, 2.45) is 0 Å². The van der Waals surface area contributed by atoms with Crippen LogP contribution >= 0.6 is 23.8 Å². The summed E-state index contributed by atoms with van der Waals surface area (Å²) in [6.07, 6.45) is 0. The number of fused-ring (bicyclic) bond motifs is 3. The zero-order valence-corrected chi connectivity index (χ0v) is 14.2. The molecule has 1 aromatic heterocycles. The first-order valence-electron chi connectivity index (χ1n) is 7.57. The van der Waals surface area contributed by atoms with E-state index in [1.54, 1.807) is 6.07 Å². The van der Waals surface area contributed by atoms with E-state index < -0.39 is 5.82 Å². The number of nitrogens with zero attached hydrogens (tertiary/aromatic N) is 3. The van der Waals surface area contributed by atoms with Gasteiger partial charge in [-0.2, -0.15) is 0 Å². The number of rotatable bonds is 1. The van der Waals surface area contributed by atoms with Crippen molar-refractivity contribution in [3.63, 3.8) is 0 Å². The summed E-state index contributed by atoms with van der Waals surface area (Å²) >= 11 is 11.3. The standard InChI is InChI=1S/C17H14ClFN4S/c18-12-9-11(5-6-13(12)19)20-17(24)22-7-8-23-15-4-2-1-3-14(15)21-16(23)10-22/h1-6,9H,7-8,10H2,(H,20,24). The molecule has 0 aliphatic carbocycles. The van der Waals surface area contributed by atoms with Crippen molar-refractivity contribution in [2.75, 3.05) is 11.9 Å². The second-order valence-corrected chi connectivity index (χ2v) is 6.44. The van der Waals surface area contributed by atoms with E-state index in [1.165, 1.54) is 12.1 Å². The number of para-hydroxylation sites is 2. The molecule has 1 N–H and O–H groups in total. The smallest absolute Gasteiger partial charge is 0.173 e. The zero-order valence-electron chi connectivity index (χ0n) is 12.7. The molecule has 3 aromatic rings. The molecule has 0 saturated carbocycles. The first-order valence-corrected chi connectivity index (χ1v) is 8.35. The molecule has 2 aromatic carbocycles. The van der Waals surface area contributed by atoms with Crippen molar-refractivity contribution in [3.05, 3.63) is 59.1 Å². The lowest BCUT2D eigenvalue weighted by Crippen LogP contribution is -2.40. The molecule has 0 saturated heterocycles. The van der Waals surface area contributed by atoms with Crippen molar-refractivity contribution >= 4 is 45.7 Å². The van der Waals surface area contributed by atoms with Gasteiger partial charge in [0.25, 0.3) is 0 Å². The zero-order chi connectivity index (χ0) is 16.7. The van der Waals surface area contributed by atoms with Crippen LogP contribution in [0.2, 0.25) is 5.02 Å². The maximum atomic E-state index is 13.2. The van der Waals surface area contributed by atoms with Gasteiger partial charge in [-0.25, -0.2) is 9.37 Å².